The van der Waals surface area contributed by atoms with Crippen molar-refractivity contribution < 1.29 is 4.92 Å². The van der Waals surface area contributed by atoms with Gasteiger partial charge in [-0.05, 0) is 24.7 Å². The van der Waals surface area contributed by atoms with Gasteiger partial charge in [0.05, 0.1) is 4.92 Å². The summed E-state index contributed by atoms with van der Waals surface area (Å²) in [6.45, 7) is 5.05. The first-order valence-corrected chi connectivity index (χ1v) is 7.32. The number of nitrogens with one attached hydrogen (secondary N) is 1. The van der Waals surface area contributed by atoms with Gasteiger partial charge < -0.3 is 5.32 Å². The number of hydrogen-bond donors (Lipinski definition) is 1. The van der Waals surface area contributed by atoms with Crippen LogP contribution >= 0.6 is 11.8 Å². The molecule has 0 fully saturated rings. The largest absolute Gasteiger partial charge is 0.385 e. The van der Waals surface area contributed by atoms with Gasteiger partial charge in [0.15, 0.2) is 0 Å². The summed E-state index contributed by atoms with van der Waals surface area (Å²) in [5, 5.41) is 14.1. The van der Waals surface area contributed by atoms with Crippen LogP contribution in [0.4, 0.5) is 11.4 Å². The van der Waals surface area contributed by atoms with Crippen LogP contribution in [0, 0.1) is 10.1 Å². The Balaban J connectivity index is 2.80. The van der Waals surface area contributed by atoms with Crippen molar-refractivity contribution >= 4 is 23.1 Å². The lowest BCUT2D eigenvalue weighted by Gasteiger charge is -2.07. The van der Waals surface area contributed by atoms with Crippen LogP contribution in [0.3, 0.4) is 0 Å². The molecule has 0 unspecified atom stereocenters. The summed E-state index contributed by atoms with van der Waals surface area (Å²) >= 11 is 1.68. The first-order chi connectivity index (χ1) is 8.67. The summed E-state index contributed by atoms with van der Waals surface area (Å²) in [5.74, 6) is 1.00. The Hall–Kier alpha value is -1.23. The number of hydrogen-bond acceptors (Lipinski definition) is 4. The van der Waals surface area contributed by atoms with Crippen molar-refractivity contribution in [2.45, 2.75) is 38.0 Å². The van der Waals surface area contributed by atoms with Gasteiger partial charge in [-0.1, -0.05) is 20.3 Å². The van der Waals surface area contributed by atoms with Gasteiger partial charge >= 0.3 is 0 Å². The van der Waals surface area contributed by atoms with Crippen LogP contribution in [0.5, 0.6) is 0 Å². The van der Waals surface area contributed by atoms with E-state index in [0.717, 1.165) is 42.1 Å². The number of rotatable bonds is 8. The Morgan fingerprint density at radius 2 is 2.06 bits per heavy atom. The van der Waals surface area contributed by atoms with Crippen LogP contribution in [0.25, 0.3) is 0 Å². The Kier molecular flexibility index (Phi) is 6.57. The van der Waals surface area contributed by atoms with Gasteiger partial charge in [-0.15, -0.1) is 11.8 Å². The molecule has 0 amide bonds. The molecule has 0 saturated carbocycles. The van der Waals surface area contributed by atoms with Gasteiger partial charge in [-0.25, -0.2) is 0 Å². The summed E-state index contributed by atoms with van der Waals surface area (Å²) in [7, 11) is 0. The van der Waals surface area contributed by atoms with E-state index >= 15 is 0 Å². The zero-order chi connectivity index (χ0) is 13.4. The third-order valence-corrected chi connectivity index (χ3v) is 3.51. The Bertz CT molecular complexity index is 397. The normalized spacial score (nSPS) is 10.3. The van der Waals surface area contributed by atoms with Crippen molar-refractivity contribution in [3.8, 4) is 0 Å². The highest BCUT2D eigenvalue weighted by Crippen LogP contribution is 2.28. The number of non-ortho nitro benzene ring substituents is 1. The molecule has 18 heavy (non-hydrogen) atoms. The molecule has 0 heterocycles. The molecule has 0 spiro atoms. The van der Waals surface area contributed by atoms with E-state index in [1.807, 2.05) is 6.07 Å². The minimum Gasteiger partial charge on any atom is -0.385 e. The SMILES string of the molecule is CCCCSc1cc(NCCC)cc([N+](=O)[O-])c1. The van der Waals surface area contributed by atoms with E-state index in [2.05, 4.69) is 19.2 Å². The van der Waals surface area contributed by atoms with Gasteiger partial charge in [-0.3, -0.25) is 10.1 Å². The number of nitro groups is 1. The minimum absolute atomic E-state index is 0.162. The maximum absolute atomic E-state index is 10.9. The molecule has 1 aromatic rings. The number of anilines is 1. The van der Waals surface area contributed by atoms with E-state index in [-0.39, 0.29) is 10.6 Å². The third-order valence-electron chi connectivity index (χ3n) is 2.45. The monoisotopic (exact) mass is 268 g/mol. The smallest absolute Gasteiger partial charge is 0.272 e. The average Bonchev–Trinajstić information content (AvgIpc) is 2.36. The number of benzene rings is 1. The van der Waals surface area contributed by atoms with Crippen molar-refractivity contribution in [1.29, 1.82) is 0 Å². The summed E-state index contributed by atoms with van der Waals surface area (Å²) in [5.41, 5.74) is 1.00. The van der Waals surface area contributed by atoms with Crippen LogP contribution in [0.2, 0.25) is 0 Å². The number of nitrogens with zero attached hydrogens (tertiary/aromatic N) is 1. The lowest BCUT2D eigenvalue weighted by molar-refractivity contribution is -0.385. The van der Waals surface area contributed by atoms with Crippen molar-refractivity contribution in [1.82, 2.24) is 0 Å². The molecular formula is C13H20N2O2S. The molecule has 0 atom stereocenters. The lowest BCUT2D eigenvalue weighted by Crippen LogP contribution is -2.00. The minimum atomic E-state index is -0.332. The highest BCUT2D eigenvalue weighted by molar-refractivity contribution is 7.99. The van der Waals surface area contributed by atoms with E-state index in [9.17, 15) is 10.1 Å². The molecular weight excluding hydrogens is 248 g/mol. The molecule has 1 rings (SSSR count). The van der Waals surface area contributed by atoms with Crippen LogP contribution in [0.1, 0.15) is 33.1 Å². The predicted molar refractivity (Wildman–Crippen MR) is 77.5 cm³/mol. The molecule has 0 aromatic heterocycles. The van der Waals surface area contributed by atoms with Crippen molar-refractivity contribution in [2.24, 2.45) is 0 Å². The second-order valence-corrected chi connectivity index (χ2v) is 5.27. The van der Waals surface area contributed by atoms with Crippen molar-refractivity contribution in [3.63, 3.8) is 0 Å². The second kappa shape index (κ2) is 7.97. The molecule has 1 N–H and O–H groups in total. The van der Waals surface area contributed by atoms with Crippen molar-refractivity contribution in [2.75, 3.05) is 17.6 Å². The van der Waals surface area contributed by atoms with Crippen molar-refractivity contribution in [3.05, 3.63) is 28.3 Å². The standard InChI is InChI=1S/C13H20N2O2S/c1-3-5-7-18-13-9-11(14-6-4-2)8-12(10-13)15(16)17/h8-10,14H,3-7H2,1-2H3. The number of nitro benzene ring substituents is 1. The van der Waals surface area contributed by atoms with Crippen LogP contribution in [-0.2, 0) is 0 Å². The quantitative estimate of drug-likeness (QED) is 0.330. The molecule has 0 radical (unpaired) electrons. The maximum Gasteiger partial charge on any atom is 0.272 e. The fourth-order valence-electron chi connectivity index (χ4n) is 1.48. The zero-order valence-corrected chi connectivity index (χ0v) is 11.8. The average molecular weight is 268 g/mol. The molecule has 0 saturated heterocycles. The fraction of sp³-hybridized carbons (Fsp3) is 0.538. The molecule has 4 nitrogen and oxygen atoms in total. The Labute approximate surface area is 112 Å². The van der Waals surface area contributed by atoms with Gasteiger partial charge in [0, 0.05) is 29.3 Å². The maximum atomic E-state index is 10.9. The highest BCUT2D eigenvalue weighted by atomic mass is 32.2. The topological polar surface area (TPSA) is 55.2 Å². The lowest BCUT2D eigenvalue weighted by atomic mass is 10.2. The molecule has 1 aromatic carbocycles. The summed E-state index contributed by atoms with van der Waals surface area (Å²) in [4.78, 5) is 11.5. The molecule has 100 valence electrons. The predicted octanol–water partition coefficient (Wildman–Crippen LogP) is 4.31. The van der Waals surface area contributed by atoms with Gasteiger partial charge in [0.2, 0.25) is 0 Å². The van der Waals surface area contributed by atoms with Gasteiger partial charge in [-0.2, -0.15) is 0 Å². The van der Waals surface area contributed by atoms with Crippen LogP contribution < -0.4 is 5.32 Å². The highest BCUT2D eigenvalue weighted by Gasteiger charge is 2.09. The van der Waals surface area contributed by atoms with E-state index in [1.54, 1.807) is 23.9 Å². The third kappa shape index (κ3) is 4.96. The van der Waals surface area contributed by atoms with Gasteiger partial charge in [0.1, 0.15) is 0 Å². The van der Waals surface area contributed by atoms with Gasteiger partial charge in [0.25, 0.3) is 5.69 Å². The summed E-state index contributed by atoms with van der Waals surface area (Å²) in [6.07, 6.45) is 3.27. The van der Waals surface area contributed by atoms with E-state index in [1.165, 1.54) is 0 Å². The molecule has 0 bridgehead atoms. The Morgan fingerprint density at radius 1 is 1.28 bits per heavy atom. The molecule has 0 aliphatic carbocycles. The number of unbranched alkanes of at least 4 members (excludes halogenated alkanes) is 1. The van der Waals surface area contributed by atoms with E-state index < -0.39 is 0 Å². The number of thioether (sulfide) groups is 1. The van der Waals surface area contributed by atoms with E-state index in [4.69, 9.17) is 0 Å². The summed E-state index contributed by atoms with van der Waals surface area (Å²) in [6, 6.07) is 5.24. The molecule has 0 aliphatic heterocycles. The second-order valence-electron chi connectivity index (χ2n) is 4.10. The van der Waals surface area contributed by atoms with Crippen LogP contribution in [0.15, 0.2) is 23.1 Å². The fourth-order valence-corrected chi connectivity index (χ4v) is 2.56. The molecule has 0 aliphatic rings. The zero-order valence-electron chi connectivity index (χ0n) is 10.9. The summed E-state index contributed by atoms with van der Waals surface area (Å²) < 4.78 is 0. The first kappa shape index (κ1) is 14.8. The van der Waals surface area contributed by atoms with Crippen LogP contribution in [-0.4, -0.2) is 17.2 Å². The first-order valence-electron chi connectivity index (χ1n) is 6.33. The Morgan fingerprint density at radius 3 is 2.67 bits per heavy atom. The van der Waals surface area contributed by atoms with E-state index in [0.29, 0.717) is 0 Å². The molecule has 5 heteroatoms.